The molecule has 11 aromatic rings. The van der Waals surface area contributed by atoms with Crippen LogP contribution in [0, 0.1) is 13.1 Å². The zero-order chi connectivity index (χ0) is 36.6. The van der Waals surface area contributed by atoms with E-state index in [1.807, 2.05) is 24.3 Å². The molecule has 11 rings (SSSR count). The lowest BCUT2D eigenvalue weighted by atomic mass is 10.0. The molecule has 0 N–H and O–H groups in total. The number of benzene rings is 8. The highest BCUT2D eigenvalue weighted by Gasteiger charge is 2.18. The van der Waals surface area contributed by atoms with Crippen molar-refractivity contribution >= 4 is 76.8 Å². The Hall–Kier alpha value is -7.86. The third-order valence-corrected chi connectivity index (χ3v) is 11.0. The van der Waals surface area contributed by atoms with Crippen molar-refractivity contribution in [3.63, 3.8) is 0 Å². The van der Waals surface area contributed by atoms with Crippen LogP contribution in [0.2, 0.25) is 0 Å². The van der Waals surface area contributed by atoms with Crippen LogP contribution in [0.15, 0.2) is 176 Å². The van der Waals surface area contributed by atoms with Crippen molar-refractivity contribution in [3.8, 4) is 28.2 Å². The fourth-order valence-corrected chi connectivity index (χ4v) is 8.67. The van der Waals surface area contributed by atoms with Gasteiger partial charge in [0.15, 0.2) is 11.4 Å². The third kappa shape index (κ3) is 4.58. The molecule has 0 aliphatic heterocycles. The summed E-state index contributed by atoms with van der Waals surface area (Å²) < 4.78 is 6.93. The quantitative estimate of drug-likeness (QED) is 0.163. The second kappa shape index (κ2) is 11.8. The molecule has 0 spiro atoms. The SMILES string of the molecule is [C-]#[N+]c1cc(-c2cccc(-n3c4ccc([N+]#[C-])cc4c4ccc(-n5c6ccccc6c6ccccc65)cc43)c2)cc(-n2c3ccccc3c3ccccc32)c1. The highest BCUT2D eigenvalue weighted by molar-refractivity contribution is 6.13. The standard InChI is InChI=1S/C50H29N5/c1-51-34-22-25-49-44(30-34)43-24-23-37(53-45-18-7-3-14-39(45)40-15-4-8-19-46(40)53)31-50(43)54(49)36-13-11-12-32(27-36)33-26-35(52-2)29-38(28-33)55-47-20-9-5-16-41(47)42-17-6-10-21-48(42)55/h3-31H. The Balaban J connectivity index is 1.14. The van der Waals surface area contributed by atoms with E-state index in [2.05, 4.69) is 175 Å². The van der Waals surface area contributed by atoms with E-state index in [4.69, 9.17) is 13.1 Å². The molecule has 254 valence electrons. The van der Waals surface area contributed by atoms with Crippen LogP contribution in [0.5, 0.6) is 0 Å². The van der Waals surface area contributed by atoms with Crippen molar-refractivity contribution in [2.24, 2.45) is 0 Å². The maximum absolute atomic E-state index is 8.09. The van der Waals surface area contributed by atoms with Gasteiger partial charge in [0, 0.05) is 44.0 Å². The fourth-order valence-electron chi connectivity index (χ4n) is 8.67. The van der Waals surface area contributed by atoms with Crippen molar-refractivity contribution in [2.45, 2.75) is 0 Å². The maximum atomic E-state index is 8.09. The average Bonchev–Trinajstić information content (AvgIpc) is 3.88. The number of para-hydroxylation sites is 4. The summed E-state index contributed by atoms with van der Waals surface area (Å²) in [4.78, 5) is 7.72. The normalized spacial score (nSPS) is 11.6. The van der Waals surface area contributed by atoms with Gasteiger partial charge in [-0.25, -0.2) is 9.69 Å². The first-order valence-electron chi connectivity index (χ1n) is 18.2. The second-order valence-corrected chi connectivity index (χ2v) is 14.0. The lowest BCUT2D eigenvalue weighted by Gasteiger charge is -2.14. The van der Waals surface area contributed by atoms with Crippen LogP contribution in [0.4, 0.5) is 11.4 Å². The Morgan fingerprint density at radius 2 is 0.782 bits per heavy atom. The van der Waals surface area contributed by atoms with Gasteiger partial charge in [0.05, 0.1) is 46.2 Å². The Morgan fingerprint density at radius 3 is 1.38 bits per heavy atom. The molecule has 8 aromatic carbocycles. The van der Waals surface area contributed by atoms with Gasteiger partial charge >= 0.3 is 0 Å². The van der Waals surface area contributed by atoms with E-state index in [-0.39, 0.29) is 0 Å². The lowest BCUT2D eigenvalue weighted by molar-refractivity contribution is 1.15. The molecule has 0 amide bonds. The third-order valence-electron chi connectivity index (χ3n) is 11.0. The van der Waals surface area contributed by atoms with Crippen LogP contribution in [0.1, 0.15) is 0 Å². The van der Waals surface area contributed by atoms with E-state index in [0.29, 0.717) is 11.4 Å². The second-order valence-electron chi connectivity index (χ2n) is 14.0. The van der Waals surface area contributed by atoms with Crippen LogP contribution in [0.25, 0.3) is 103 Å². The van der Waals surface area contributed by atoms with Crippen LogP contribution < -0.4 is 0 Å². The van der Waals surface area contributed by atoms with Gasteiger partial charge in [-0.1, -0.05) is 97.1 Å². The summed E-state index contributed by atoms with van der Waals surface area (Å²) in [6.45, 7) is 15.9. The smallest absolute Gasteiger partial charge is 0.189 e. The van der Waals surface area contributed by atoms with Crippen LogP contribution in [-0.4, -0.2) is 13.7 Å². The molecule has 0 radical (unpaired) electrons. The van der Waals surface area contributed by atoms with E-state index < -0.39 is 0 Å². The molecule has 0 atom stereocenters. The van der Waals surface area contributed by atoms with E-state index in [9.17, 15) is 0 Å². The monoisotopic (exact) mass is 699 g/mol. The number of fused-ring (bicyclic) bond motifs is 9. The number of nitrogens with zero attached hydrogens (tertiary/aromatic N) is 5. The molecular weight excluding hydrogens is 671 g/mol. The van der Waals surface area contributed by atoms with Crippen molar-refractivity contribution in [3.05, 3.63) is 199 Å². The largest absolute Gasteiger partial charge is 0.310 e. The molecule has 3 heterocycles. The summed E-state index contributed by atoms with van der Waals surface area (Å²) in [5, 5.41) is 6.92. The van der Waals surface area contributed by atoms with Gasteiger partial charge in [0.25, 0.3) is 0 Å². The van der Waals surface area contributed by atoms with Gasteiger partial charge in [-0.2, -0.15) is 0 Å². The number of hydrogen-bond donors (Lipinski definition) is 0. The lowest BCUT2D eigenvalue weighted by Crippen LogP contribution is -1.97. The van der Waals surface area contributed by atoms with Gasteiger partial charge in [0.2, 0.25) is 0 Å². The van der Waals surface area contributed by atoms with Crippen molar-refractivity contribution in [1.29, 1.82) is 0 Å². The topological polar surface area (TPSA) is 23.5 Å². The molecule has 0 fully saturated rings. The molecule has 3 aromatic heterocycles. The highest BCUT2D eigenvalue weighted by Crippen LogP contribution is 2.40. The first kappa shape index (κ1) is 30.7. The number of hydrogen-bond acceptors (Lipinski definition) is 0. The Labute approximate surface area is 316 Å². The van der Waals surface area contributed by atoms with Gasteiger partial charge in [-0.05, 0) is 95.4 Å². The molecule has 0 saturated heterocycles. The highest BCUT2D eigenvalue weighted by atomic mass is 15.0. The van der Waals surface area contributed by atoms with E-state index >= 15 is 0 Å². The Kier molecular flexibility index (Phi) is 6.61. The van der Waals surface area contributed by atoms with Gasteiger partial charge < -0.3 is 13.7 Å². The summed E-state index contributed by atoms with van der Waals surface area (Å²) in [7, 11) is 0. The van der Waals surface area contributed by atoms with Crippen molar-refractivity contribution in [1.82, 2.24) is 13.7 Å². The predicted molar refractivity (Wildman–Crippen MR) is 227 cm³/mol. The Morgan fingerprint density at radius 1 is 0.291 bits per heavy atom. The minimum atomic E-state index is 0.583. The zero-order valence-corrected chi connectivity index (χ0v) is 29.5. The summed E-state index contributed by atoms with van der Waals surface area (Å²) >= 11 is 0. The molecule has 55 heavy (non-hydrogen) atoms. The van der Waals surface area contributed by atoms with Gasteiger partial charge in [-0.15, -0.1) is 0 Å². The molecule has 0 bridgehead atoms. The first-order chi connectivity index (χ1) is 27.2. The minimum Gasteiger partial charge on any atom is -0.310 e. The summed E-state index contributed by atoms with van der Waals surface area (Å²) in [5.74, 6) is 0. The number of rotatable bonds is 4. The number of aromatic nitrogens is 3. The minimum absolute atomic E-state index is 0.583. The van der Waals surface area contributed by atoms with Crippen molar-refractivity contribution < 1.29 is 0 Å². The summed E-state index contributed by atoms with van der Waals surface area (Å²) in [6.07, 6.45) is 0. The van der Waals surface area contributed by atoms with Crippen molar-refractivity contribution in [2.75, 3.05) is 0 Å². The van der Waals surface area contributed by atoms with E-state index in [1.54, 1.807) is 0 Å². The molecular formula is C50H29N5. The van der Waals surface area contributed by atoms with Gasteiger partial charge in [0.1, 0.15) is 0 Å². The van der Waals surface area contributed by atoms with Crippen LogP contribution in [-0.2, 0) is 0 Å². The summed E-state index contributed by atoms with van der Waals surface area (Å²) in [5.41, 5.74) is 12.8. The molecule has 5 nitrogen and oxygen atoms in total. The Bertz CT molecular complexity index is 3360. The summed E-state index contributed by atoms with van der Waals surface area (Å²) in [6, 6.07) is 61.4. The zero-order valence-electron chi connectivity index (χ0n) is 29.5. The fraction of sp³-hybridized carbons (Fsp3) is 0. The van der Waals surface area contributed by atoms with Crippen LogP contribution in [0.3, 0.4) is 0 Å². The first-order valence-corrected chi connectivity index (χ1v) is 18.2. The molecule has 0 saturated carbocycles. The van der Waals surface area contributed by atoms with Gasteiger partial charge in [-0.3, -0.25) is 0 Å². The average molecular weight is 700 g/mol. The predicted octanol–water partition coefficient (Wildman–Crippen LogP) is 13.7. The molecule has 0 aliphatic rings. The molecule has 0 unspecified atom stereocenters. The van der Waals surface area contributed by atoms with Crippen LogP contribution >= 0.6 is 0 Å². The van der Waals surface area contributed by atoms with E-state index in [1.165, 1.54) is 21.5 Å². The molecule has 0 aliphatic carbocycles. The maximum Gasteiger partial charge on any atom is 0.189 e. The molecule has 5 heteroatoms. The van der Waals surface area contributed by atoms with E-state index in [0.717, 1.165) is 72.1 Å².